The number of ether oxygens (including phenoxy) is 1. The summed E-state index contributed by atoms with van der Waals surface area (Å²) in [6.45, 7) is 24.6. The first-order chi connectivity index (χ1) is 31.9. The van der Waals surface area contributed by atoms with E-state index in [9.17, 15) is 14.4 Å². The molecule has 0 saturated carbocycles. The van der Waals surface area contributed by atoms with Gasteiger partial charge >= 0.3 is 0 Å². The van der Waals surface area contributed by atoms with Crippen molar-refractivity contribution in [1.82, 2.24) is 25.3 Å². The van der Waals surface area contributed by atoms with Gasteiger partial charge in [0.2, 0.25) is 12.3 Å². The number of nitrogens with one attached hydrogen (secondary N) is 2. The molecule has 2 amide bonds. The lowest BCUT2D eigenvalue weighted by molar-refractivity contribution is -0.132. The van der Waals surface area contributed by atoms with E-state index in [1.807, 2.05) is 4.90 Å². The lowest BCUT2D eigenvalue weighted by Gasteiger charge is -2.27. The fourth-order valence-electron chi connectivity index (χ4n) is 8.18. The van der Waals surface area contributed by atoms with Crippen LogP contribution in [-0.4, -0.2) is 119 Å². The van der Waals surface area contributed by atoms with Gasteiger partial charge in [-0.05, 0) is 84.1 Å². The number of carbonyl (C=O) groups is 3. The molecule has 0 aromatic rings. The molecule has 0 aromatic heterocycles. The van der Waals surface area contributed by atoms with Crippen molar-refractivity contribution in [3.05, 3.63) is 0 Å². The normalized spacial score (nSPS) is 11.0. The van der Waals surface area contributed by atoms with Crippen molar-refractivity contribution in [2.24, 2.45) is 0 Å². The zero-order valence-electron chi connectivity index (χ0n) is 45.2. The number of rotatable bonds is 51. The molecule has 9 nitrogen and oxygen atoms in total. The van der Waals surface area contributed by atoms with Crippen LogP contribution in [-0.2, 0) is 19.1 Å². The third-order valence-corrected chi connectivity index (χ3v) is 12.3. The molecule has 0 bridgehead atoms. The van der Waals surface area contributed by atoms with E-state index in [1.54, 1.807) is 7.11 Å². The zero-order valence-corrected chi connectivity index (χ0v) is 45.2. The fraction of sp³-hybridized carbons (Fsp3) is 0.946. The van der Waals surface area contributed by atoms with Crippen LogP contribution < -0.4 is 10.6 Å². The minimum atomic E-state index is 0.149. The summed E-state index contributed by atoms with van der Waals surface area (Å²) < 4.78 is 4.69. The third kappa shape index (κ3) is 58.5. The summed E-state index contributed by atoms with van der Waals surface area (Å²) >= 11 is 0. The van der Waals surface area contributed by atoms with Crippen LogP contribution in [0.2, 0.25) is 0 Å². The Morgan fingerprint density at radius 1 is 0.415 bits per heavy atom. The lowest BCUT2D eigenvalue weighted by Crippen LogP contribution is -2.44. The van der Waals surface area contributed by atoms with Crippen molar-refractivity contribution in [2.45, 2.75) is 260 Å². The second kappa shape index (κ2) is 62.4. The second-order valence-corrected chi connectivity index (χ2v) is 18.8. The van der Waals surface area contributed by atoms with Gasteiger partial charge in [0, 0.05) is 52.9 Å². The molecule has 0 saturated heterocycles. The molecule has 0 aromatic carbocycles. The standard InChI is InChI=1S/C29H62N2.C23H45N3O3.C4H10O/c1-4-7-10-13-16-19-22-25-30-26-29-31(27-23-20-17-14-11-8-5-2)28-24-21-18-15-12-9-6-3;1-3-5-6-7-8-9-12-17-25(18-13-10-11-14-20-27)21-23(29)26(16-4-2)19-15-24-22-28;1-3-4-5-2/h30H,4-29H2,1-3H3;20,22H,3-19,21H2,1-2H3,(H,24,28);3-4H2,1-2H3. The monoisotopic (exact) mass is 924 g/mol. The number of hydrogen-bond donors (Lipinski definition) is 2. The van der Waals surface area contributed by atoms with Gasteiger partial charge in [0.15, 0.2) is 0 Å². The minimum absolute atomic E-state index is 0.149. The van der Waals surface area contributed by atoms with Gasteiger partial charge in [-0.25, -0.2) is 0 Å². The molecular formula is C56H117N5O4. The van der Waals surface area contributed by atoms with Crippen LogP contribution in [0.4, 0.5) is 0 Å². The van der Waals surface area contributed by atoms with Gasteiger partial charge in [0.05, 0.1) is 6.54 Å². The first-order valence-corrected chi connectivity index (χ1v) is 28.5. The zero-order chi connectivity index (χ0) is 48.4. The molecule has 0 heterocycles. The Labute approximate surface area is 407 Å². The predicted molar refractivity (Wildman–Crippen MR) is 285 cm³/mol. The maximum Gasteiger partial charge on any atom is 0.236 e. The fourth-order valence-corrected chi connectivity index (χ4v) is 8.18. The maximum absolute atomic E-state index is 12.8. The predicted octanol–water partition coefficient (Wildman–Crippen LogP) is 14.0. The molecule has 0 atom stereocenters. The van der Waals surface area contributed by atoms with E-state index in [1.165, 1.54) is 206 Å². The highest BCUT2D eigenvalue weighted by atomic mass is 16.5. The van der Waals surface area contributed by atoms with E-state index >= 15 is 0 Å². The smallest absolute Gasteiger partial charge is 0.236 e. The molecule has 0 radical (unpaired) electrons. The average Bonchev–Trinajstić information content (AvgIpc) is 3.31. The lowest BCUT2D eigenvalue weighted by atomic mass is 10.1. The Bertz CT molecular complexity index is 877. The molecule has 0 aliphatic heterocycles. The van der Waals surface area contributed by atoms with E-state index in [0.29, 0.717) is 32.5 Å². The van der Waals surface area contributed by atoms with Crippen molar-refractivity contribution in [2.75, 3.05) is 85.7 Å². The number of methoxy groups -OCH3 is 1. The average molecular weight is 925 g/mol. The number of aldehydes is 1. The molecule has 0 spiro atoms. The van der Waals surface area contributed by atoms with E-state index in [4.69, 9.17) is 4.74 Å². The van der Waals surface area contributed by atoms with E-state index in [2.05, 4.69) is 62.0 Å². The van der Waals surface area contributed by atoms with Gasteiger partial charge in [-0.2, -0.15) is 0 Å². The van der Waals surface area contributed by atoms with E-state index in [0.717, 1.165) is 71.1 Å². The molecule has 65 heavy (non-hydrogen) atoms. The molecule has 9 heteroatoms. The molecule has 390 valence electrons. The van der Waals surface area contributed by atoms with Crippen molar-refractivity contribution in [1.29, 1.82) is 0 Å². The van der Waals surface area contributed by atoms with Gasteiger partial charge < -0.3 is 30.0 Å². The van der Waals surface area contributed by atoms with Crippen LogP contribution in [0.15, 0.2) is 0 Å². The van der Waals surface area contributed by atoms with Gasteiger partial charge in [0.1, 0.15) is 6.29 Å². The van der Waals surface area contributed by atoms with Crippen LogP contribution in [0.5, 0.6) is 0 Å². The number of hydrogen-bond acceptors (Lipinski definition) is 7. The quantitative estimate of drug-likeness (QED) is 0.0464. The van der Waals surface area contributed by atoms with Crippen LogP contribution in [0.3, 0.4) is 0 Å². The van der Waals surface area contributed by atoms with Crippen LogP contribution in [0.25, 0.3) is 0 Å². The SMILES string of the molecule is CCCCCCCCCN(CCCCCC=O)CC(=O)N(CCC)CCNC=O.CCCCCCCCCNCCN(CCCCCCCCC)CCCCCCCCC.CCCOC. The van der Waals surface area contributed by atoms with Crippen molar-refractivity contribution >= 4 is 18.6 Å². The van der Waals surface area contributed by atoms with Crippen LogP contribution in [0.1, 0.15) is 260 Å². The van der Waals surface area contributed by atoms with Crippen molar-refractivity contribution < 1.29 is 19.1 Å². The molecule has 0 aliphatic carbocycles. The van der Waals surface area contributed by atoms with E-state index in [-0.39, 0.29) is 5.91 Å². The Hall–Kier alpha value is -1.55. The highest BCUT2D eigenvalue weighted by molar-refractivity contribution is 5.78. The first kappa shape index (κ1) is 67.7. The van der Waals surface area contributed by atoms with Crippen molar-refractivity contribution in [3.8, 4) is 0 Å². The summed E-state index contributed by atoms with van der Waals surface area (Å²) in [6, 6.07) is 0. The Morgan fingerprint density at radius 3 is 1.22 bits per heavy atom. The molecule has 0 aliphatic rings. The minimum Gasteiger partial charge on any atom is -0.385 e. The Morgan fingerprint density at radius 2 is 0.831 bits per heavy atom. The van der Waals surface area contributed by atoms with Gasteiger partial charge in [-0.3, -0.25) is 14.5 Å². The van der Waals surface area contributed by atoms with Crippen LogP contribution >= 0.6 is 0 Å². The van der Waals surface area contributed by atoms with Gasteiger partial charge in [-0.15, -0.1) is 0 Å². The van der Waals surface area contributed by atoms with Crippen LogP contribution in [0, 0.1) is 0 Å². The Kier molecular flexibility index (Phi) is 65.1. The first-order valence-electron chi connectivity index (χ1n) is 28.5. The summed E-state index contributed by atoms with van der Waals surface area (Å²) in [5, 5.41) is 6.37. The Balaban J connectivity index is -0.00000107. The summed E-state index contributed by atoms with van der Waals surface area (Å²) in [7, 11) is 1.71. The summed E-state index contributed by atoms with van der Waals surface area (Å²) in [6.07, 6.45) is 46.0. The molecule has 0 rings (SSSR count). The third-order valence-electron chi connectivity index (χ3n) is 12.3. The second-order valence-electron chi connectivity index (χ2n) is 18.8. The summed E-state index contributed by atoms with van der Waals surface area (Å²) in [4.78, 5) is 40.6. The van der Waals surface area contributed by atoms with Gasteiger partial charge in [-0.1, -0.05) is 202 Å². The maximum atomic E-state index is 12.8. The highest BCUT2D eigenvalue weighted by Crippen LogP contribution is 2.12. The number of amides is 2. The van der Waals surface area contributed by atoms with Crippen molar-refractivity contribution in [3.63, 3.8) is 0 Å². The van der Waals surface area contributed by atoms with E-state index < -0.39 is 0 Å². The summed E-state index contributed by atoms with van der Waals surface area (Å²) in [5.74, 6) is 0.149. The summed E-state index contributed by atoms with van der Waals surface area (Å²) in [5.41, 5.74) is 0. The highest BCUT2D eigenvalue weighted by Gasteiger charge is 2.16. The van der Waals surface area contributed by atoms with Gasteiger partial charge in [0.25, 0.3) is 0 Å². The molecule has 0 unspecified atom stereocenters. The molecule has 2 N–H and O–H groups in total. The molecule has 0 fully saturated rings. The number of unbranched alkanes of at least 4 members (excludes halogenated alkanes) is 27. The number of carbonyl (C=O) groups excluding carboxylic acids is 3. The molecular weight excluding hydrogens is 807 g/mol. The largest absolute Gasteiger partial charge is 0.385 e. The topological polar surface area (TPSA) is 94.2 Å². The number of nitrogens with zero attached hydrogens (tertiary/aromatic N) is 3.